The van der Waals surface area contributed by atoms with Crippen LogP contribution in [0.25, 0.3) is 11.1 Å². The maximum atomic E-state index is 13.4. The van der Waals surface area contributed by atoms with Crippen LogP contribution < -0.4 is 0 Å². The van der Waals surface area contributed by atoms with Crippen molar-refractivity contribution in [1.82, 2.24) is 4.98 Å². The number of rotatable bonds is 1. The fourth-order valence-electron chi connectivity index (χ4n) is 1.94. The number of benzene rings is 1. The first kappa shape index (κ1) is 11.8. The van der Waals surface area contributed by atoms with Gasteiger partial charge in [-0.15, -0.1) is 0 Å². The van der Waals surface area contributed by atoms with E-state index in [0.29, 0.717) is 0 Å². The fourth-order valence-corrected chi connectivity index (χ4v) is 1.94. The summed E-state index contributed by atoms with van der Waals surface area (Å²) >= 11 is 0. The molecule has 2 rings (SSSR count). The Kier molecular flexibility index (Phi) is 2.97. The number of pyridine rings is 1. The van der Waals surface area contributed by atoms with Gasteiger partial charge in [-0.25, -0.2) is 4.39 Å². The van der Waals surface area contributed by atoms with Crippen LogP contribution in [0.2, 0.25) is 0 Å². The second-order valence-electron chi connectivity index (χ2n) is 5.18. The number of aromatic nitrogens is 1. The predicted octanol–water partition coefficient (Wildman–Crippen LogP) is 4.19. The Labute approximate surface area is 101 Å². The third-order valence-electron chi connectivity index (χ3n) is 2.78. The van der Waals surface area contributed by atoms with E-state index in [4.69, 9.17) is 0 Å². The Balaban J connectivity index is 2.64. The van der Waals surface area contributed by atoms with Crippen molar-refractivity contribution < 1.29 is 4.39 Å². The van der Waals surface area contributed by atoms with Gasteiger partial charge in [0.25, 0.3) is 0 Å². The van der Waals surface area contributed by atoms with Gasteiger partial charge in [-0.05, 0) is 46.4 Å². The third-order valence-corrected chi connectivity index (χ3v) is 2.78. The summed E-state index contributed by atoms with van der Waals surface area (Å²) in [5, 5.41) is 0. The van der Waals surface area contributed by atoms with Gasteiger partial charge in [0.1, 0.15) is 5.82 Å². The lowest BCUT2D eigenvalue weighted by Gasteiger charge is -2.23. The highest BCUT2D eigenvalue weighted by Gasteiger charge is 2.19. The molecule has 0 spiro atoms. The molecule has 2 heteroatoms. The first-order valence-corrected chi connectivity index (χ1v) is 5.69. The standard InChI is InChI=1S/C15H16FN/c1-15(2,3)14-5-4-12(16)10-13(14)11-6-8-17-9-7-11/h4-10H,1-3H3. The van der Waals surface area contributed by atoms with E-state index in [0.717, 1.165) is 16.7 Å². The molecule has 0 aliphatic heterocycles. The second kappa shape index (κ2) is 4.28. The minimum Gasteiger partial charge on any atom is -0.265 e. The molecule has 0 aliphatic rings. The minimum absolute atomic E-state index is 0.00764. The summed E-state index contributed by atoms with van der Waals surface area (Å²) in [6.07, 6.45) is 3.46. The second-order valence-corrected chi connectivity index (χ2v) is 5.18. The van der Waals surface area contributed by atoms with Crippen LogP contribution in [0.5, 0.6) is 0 Å². The van der Waals surface area contributed by atoms with Crippen molar-refractivity contribution in [3.8, 4) is 11.1 Å². The van der Waals surface area contributed by atoms with Gasteiger partial charge in [-0.1, -0.05) is 26.8 Å². The summed E-state index contributed by atoms with van der Waals surface area (Å²) < 4.78 is 13.4. The van der Waals surface area contributed by atoms with Crippen molar-refractivity contribution in [3.63, 3.8) is 0 Å². The van der Waals surface area contributed by atoms with Crippen LogP contribution in [0, 0.1) is 5.82 Å². The Morgan fingerprint density at radius 2 is 1.65 bits per heavy atom. The van der Waals surface area contributed by atoms with Crippen molar-refractivity contribution in [1.29, 1.82) is 0 Å². The molecule has 0 radical (unpaired) electrons. The van der Waals surface area contributed by atoms with Gasteiger partial charge in [0.05, 0.1) is 0 Å². The molecule has 2 aromatic rings. The monoisotopic (exact) mass is 229 g/mol. The molecule has 0 fully saturated rings. The van der Waals surface area contributed by atoms with Gasteiger partial charge in [0.15, 0.2) is 0 Å². The molecule has 0 saturated heterocycles. The molecule has 1 heterocycles. The van der Waals surface area contributed by atoms with Crippen LogP contribution in [0.1, 0.15) is 26.3 Å². The number of nitrogens with zero attached hydrogens (tertiary/aromatic N) is 1. The van der Waals surface area contributed by atoms with E-state index in [2.05, 4.69) is 25.8 Å². The molecular weight excluding hydrogens is 213 g/mol. The molecule has 0 aliphatic carbocycles. The molecule has 0 atom stereocenters. The van der Waals surface area contributed by atoms with Gasteiger partial charge in [0, 0.05) is 12.4 Å². The number of halogens is 1. The van der Waals surface area contributed by atoms with E-state index in [9.17, 15) is 4.39 Å². The SMILES string of the molecule is CC(C)(C)c1ccc(F)cc1-c1ccncc1. The molecule has 1 aromatic heterocycles. The Morgan fingerprint density at radius 1 is 1.00 bits per heavy atom. The zero-order chi connectivity index (χ0) is 12.5. The van der Waals surface area contributed by atoms with Crippen molar-refractivity contribution in [2.24, 2.45) is 0 Å². The zero-order valence-electron chi connectivity index (χ0n) is 10.4. The first-order valence-electron chi connectivity index (χ1n) is 5.69. The summed E-state index contributed by atoms with van der Waals surface area (Å²) in [5.41, 5.74) is 3.08. The first-order chi connectivity index (χ1) is 7.98. The van der Waals surface area contributed by atoms with Gasteiger partial charge in [0.2, 0.25) is 0 Å². The van der Waals surface area contributed by atoms with Crippen LogP contribution in [0.3, 0.4) is 0 Å². The van der Waals surface area contributed by atoms with Crippen LogP contribution >= 0.6 is 0 Å². The molecule has 0 N–H and O–H groups in total. The summed E-state index contributed by atoms with van der Waals surface area (Å²) in [6, 6.07) is 8.79. The average molecular weight is 229 g/mol. The predicted molar refractivity (Wildman–Crippen MR) is 68.3 cm³/mol. The van der Waals surface area contributed by atoms with Gasteiger partial charge in [-0.3, -0.25) is 4.98 Å². The molecule has 88 valence electrons. The summed E-state index contributed by atoms with van der Waals surface area (Å²) in [5.74, 6) is -0.204. The summed E-state index contributed by atoms with van der Waals surface area (Å²) in [4.78, 5) is 3.99. The van der Waals surface area contributed by atoms with Crippen molar-refractivity contribution in [2.45, 2.75) is 26.2 Å². The maximum absolute atomic E-state index is 13.4. The topological polar surface area (TPSA) is 12.9 Å². The Morgan fingerprint density at radius 3 is 2.24 bits per heavy atom. The molecule has 17 heavy (non-hydrogen) atoms. The van der Waals surface area contributed by atoms with E-state index in [1.807, 2.05) is 18.2 Å². The zero-order valence-corrected chi connectivity index (χ0v) is 10.4. The van der Waals surface area contributed by atoms with Crippen LogP contribution in [0.15, 0.2) is 42.7 Å². The van der Waals surface area contributed by atoms with E-state index in [1.54, 1.807) is 18.5 Å². The van der Waals surface area contributed by atoms with Crippen LogP contribution in [-0.2, 0) is 5.41 Å². The normalized spacial score (nSPS) is 11.5. The highest BCUT2D eigenvalue weighted by Crippen LogP contribution is 2.33. The molecular formula is C15H16FN. The lowest BCUT2D eigenvalue weighted by atomic mass is 9.82. The fraction of sp³-hybridized carbons (Fsp3) is 0.267. The molecule has 0 bridgehead atoms. The van der Waals surface area contributed by atoms with Crippen molar-refractivity contribution in [3.05, 3.63) is 54.1 Å². The molecule has 1 nitrogen and oxygen atoms in total. The molecule has 0 saturated carbocycles. The number of hydrogen-bond donors (Lipinski definition) is 0. The van der Waals surface area contributed by atoms with E-state index >= 15 is 0 Å². The van der Waals surface area contributed by atoms with Gasteiger partial charge >= 0.3 is 0 Å². The van der Waals surface area contributed by atoms with Crippen molar-refractivity contribution in [2.75, 3.05) is 0 Å². The highest BCUT2D eigenvalue weighted by atomic mass is 19.1. The van der Waals surface area contributed by atoms with Crippen LogP contribution in [-0.4, -0.2) is 4.98 Å². The lowest BCUT2D eigenvalue weighted by molar-refractivity contribution is 0.585. The van der Waals surface area contributed by atoms with Gasteiger partial charge in [-0.2, -0.15) is 0 Å². The van der Waals surface area contributed by atoms with E-state index < -0.39 is 0 Å². The summed E-state index contributed by atoms with van der Waals surface area (Å²) in [6.45, 7) is 6.39. The van der Waals surface area contributed by atoms with E-state index in [-0.39, 0.29) is 11.2 Å². The summed E-state index contributed by atoms with van der Waals surface area (Å²) in [7, 11) is 0. The van der Waals surface area contributed by atoms with Crippen molar-refractivity contribution >= 4 is 0 Å². The maximum Gasteiger partial charge on any atom is 0.123 e. The van der Waals surface area contributed by atoms with E-state index in [1.165, 1.54) is 6.07 Å². The quantitative estimate of drug-likeness (QED) is 0.714. The smallest absolute Gasteiger partial charge is 0.123 e. The number of hydrogen-bond acceptors (Lipinski definition) is 1. The minimum atomic E-state index is -0.204. The molecule has 0 unspecified atom stereocenters. The Hall–Kier alpha value is -1.70. The largest absolute Gasteiger partial charge is 0.265 e. The lowest BCUT2D eigenvalue weighted by Crippen LogP contribution is -2.12. The van der Waals surface area contributed by atoms with Crippen LogP contribution in [0.4, 0.5) is 4.39 Å². The van der Waals surface area contributed by atoms with Gasteiger partial charge < -0.3 is 0 Å². The molecule has 0 amide bonds. The average Bonchev–Trinajstić information content (AvgIpc) is 2.28. The molecule has 1 aromatic carbocycles. The Bertz CT molecular complexity index is 512. The third kappa shape index (κ3) is 2.52. The highest BCUT2D eigenvalue weighted by molar-refractivity contribution is 5.68.